The van der Waals surface area contributed by atoms with Crippen LogP contribution in [0, 0.1) is 0 Å². The summed E-state index contributed by atoms with van der Waals surface area (Å²) in [4.78, 5) is 18.9. The van der Waals surface area contributed by atoms with Gasteiger partial charge in [-0.3, -0.25) is 4.79 Å². The Balaban J connectivity index is 1.98. The first-order chi connectivity index (χ1) is 9.79. The first-order valence-corrected chi connectivity index (χ1v) is 7.47. The molecule has 1 aromatic carbocycles. The van der Waals surface area contributed by atoms with Crippen molar-refractivity contribution < 1.29 is 9.53 Å². The standard InChI is InChI=1S/C15H16N2O2S/c1-11-10-19-8-7-17(11)15-16-14(13(9-18)20-15)12-5-3-2-4-6-12/h2-6,9,11H,7-8,10H2,1H3. The molecule has 3 rings (SSSR count). The Morgan fingerprint density at radius 3 is 2.90 bits per heavy atom. The number of benzene rings is 1. The molecule has 0 aliphatic carbocycles. The Morgan fingerprint density at radius 2 is 2.20 bits per heavy atom. The van der Waals surface area contributed by atoms with E-state index in [-0.39, 0.29) is 6.04 Å². The highest BCUT2D eigenvalue weighted by Crippen LogP contribution is 2.33. The van der Waals surface area contributed by atoms with Crippen LogP contribution in [0.1, 0.15) is 16.6 Å². The molecular formula is C15H16N2O2S. The smallest absolute Gasteiger partial charge is 0.186 e. The number of nitrogens with zero attached hydrogens (tertiary/aromatic N) is 2. The Hall–Kier alpha value is -1.72. The molecule has 1 unspecified atom stereocenters. The maximum Gasteiger partial charge on any atom is 0.186 e. The number of aldehydes is 1. The lowest BCUT2D eigenvalue weighted by Crippen LogP contribution is -2.43. The molecule has 0 bridgehead atoms. The minimum Gasteiger partial charge on any atom is -0.377 e. The zero-order chi connectivity index (χ0) is 13.9. The second-order valence-corrected chi connectivity index (χ2v) is 5.82. The highest BCUT2D eigenvalue weighted by atomic mass is 32.1. The number of hydrogen-bond donors (Lipinski definition) is 0. The van der Waals surface area contributed by atoms with Crippen LogP contribution >= 0.6 is 11.3 Å². The van der Waals surface area contributed by atoms with Gasteiger partial charge in [0.2, 0.25) is 0 Å². The summed E-state index contributed by atoms with van der Waals surface area (Å²) in [5.74, 6) is 0. The zero-order valence-electron chi connectivity index (χ0n) is 11.3. The largest absolute Gasteiger partial charge is 0.377 e. The van der Waals surface area contributed by atoms with Crippen molar-refractivity contribution in [2.45, 2.75) is 13.0 Å². The van der Waals surface area contributed by atoms with Crippen LogP contribution in [0.25, 0.3) is 11.3 Å². The molecule has 2 aromatic rings. The van der Waals surface area contributed by atoms with Crippen molar-refractivity contribution in [3.63, 3.8) is 0 Å². The quantitative estimate of drug-likeness (QED) is 0.815. The van der Waals surface area contributed by atoms with Gasteiger partial charge in [-0.2, -0.15) is 0 Å². The molecule has 104 valence electrons. The highest BCUT2D eigenvalue weighted by molar-refractivity contribution is 7.17. The number of hydrogen-bond acceptors (Lipinski definition) is 5. The van der Waals surface area contributed by atoms with Crippen molar-refractivity contribution >= 4 is 22.8 Å². The molecule has 5 heteroatoms. The van der Waals surface area contributed by atoms with Crippen LogP contribution in [-0.2, 0) is 4.74 Å². The number of anilines is 1. The van der Waals surface area contributed by atoms with Crippen molar-refractivity contribution in [1.29, 1.82) is 0 Å². The predicted octanol–water partition coefficient (Wildman–Crippen LogP) is 2.85. The van der Waals surface area contributed by atoms with Gasteiger partial charge in [-0.25, -0.2) is 4.98 Å². The van der Waals surface area contributed by atoms with Gasteiger partial charge in [0.25, 0.3) is 0 Å². The van der Waals surface area contributed by atoms with E-state index in [2.05, 4.69) is 16.8 Å². The number of carbonyl (C=O) groups is 1. The van der Waals surface area contributed by atoms with Crippen LogP contribution in [0.15, 0.2) is 30.3 Å². The average molecular weight is 288 g/mol. The molecular weight excluding hydrogens is 272 g/mol. The second kappa shape index (κ2) is 5.73. The number of carbonyl (C=O) groups excluding carboxylic acids is 1. The average Bonchev–Trinajstić information content (AvgIpc) is 2.92. The molecule has 4 nitrogen and oxygen atoms in total. The van der Waals surface area contributed by atoms with E-state index < -0.39 is 0 Å². The van der Waals surface area contributed by atoms with Crippen molar-refractivity contribution in [1.82, 2.24) is 4.98 Å². The van der Waals surface area contributed by atoms with Crippen LogP contribution < -0.4 is 4.90 Å². The van der Waals surface area contributed by atoms with E-state index in [9.17, 15) is 4.79 Å². The van der Waals surface area contributed by atoms with Crippen LogP contribution in [0.2, 0.25) is 0 Å². The summed E-state index contributed by atoms with van der Waals surface area (Å²) in [5.41, 5.74) is 1.76. The molecule has 1 fully saturated rings. The maximum absolute atomic E-state index is 11.3. The lowest BCUT2D eigenvalue weighted by atomic mass is 10.1. The van der Waals surface area contributed by atoms with E-state index in [4.69, 9.17) is 4.74 Å². The minimum absolute atomic E-state index is 0.290. The molecule has 0 amide bonds. The fourth-order valence-corrected chi connectivity index (χ4v) is 3.37. The van der Waals surface area contributed by atoms with E-state index in [0.29, 0.717) is 18.1 Å². The lowest BCUT2D eigenvalue weighted by molar-refractivity contribution is 0.0989. The van der Waals surface area contributed by atoms with Gasteiger partial charge in [0.05, 0.1) is 29.8 Å². The third kappa shape index (κ3) is 2.46. The van der Waals surface area contributed by atoms with Crippen molar-refractivity contribution in [3.8, 4) is 11.3 Å². The fourth-order valence-electron chi connectivity index (χ4n) is 2.34. The van der Waals surface area contributed by atoms with E-state index in [0.717, 1.165) is 29.2 Å². The number of morpholine rings is 1. The molecule has 1 aromatic heterocycles. The summed E-state index contributed by atoms with van der Waals surface area (Å²) in [7, 11) is 0. The monoisotopic (exact) mass is 288 g/mol. The van der Waals surface area contributed by atoms with Crippen molar-refractivity contribution in [2.75, 3.05) is 24.7 Å². The number of rotatable bonds is 3. The zero-order valence-corrected chi connectivity index (χ0v) is 12.1. The molecule has 1 saturated heterocycles. The molecule has 20 heavy (non-hydrogen) atoms. The predicted molar refractivity (Wildman–Crippen MR) is 80.6 cm³/mol. The Morgan fingerprint density at radius 1 is 1.40 bits per heavy atom. The van der Waals surface area contributed by atoms with Gasteiger partial charge < -0.3 is 9.64 Å². The fraction of sp³-hybridized carbons (Fsp3) is 0.333. The van der Waals surface area contributed by atoms with Gasteiger partial charge in [-0.1, -0.05) is 41.7 Å². The Bertz CT molecular complexity index is 597. The molecule has 0 saturated carbocycles. The van der Waals surface area contributed by atoms with Crippen LogP contribution in [0.3, 0.4) is 0 Å². The molecule has 1 aliphatic heterocycles. The second-order valence-electron chi connectivity index (χ2n) is 4.81. The van der Waals surface area contributed by atoms with Crippen molar-refractivity contribution in [3.05, 3.63) is 35.2 Å². The molecule has 1 aliphatic rings. The van der Waals surface area contributed by atoms with Crippen molar-refractivity contribution in [2.24, 2.45) is 0 Å². The van der Waals surface area contributed by atoms with Gasteiger partial charge in [-0.05, 0) is 6.92 Å². The molecule has 1 atom stereocenters. The van der Waals surface area contributed by atoms with Gasteiger partial charge >= 0.3 is 0 Å². The molecule has 0 spiro atoms. The lowest BCUT2D eigenvalue weighted by Gasteiger charge is -2.32. The van der Waals surface area contributed by atoms with E-state index >= 15 is 0 Å². The van der Waals surface area contributed by atoms with E-state index in [1.165, 1.54) is 11.3 Å². The summed E-state index contributed by atoms with van der Waals surface area (Å²) in [6.45, 7) is 4.35. The first-order valence-electron chi connectivity index (χ1n) is 6.65. The summed E-state index contributed by atoms with van der Waals surface area (Å²) >= 11 is 1.46. The topological polar surface area (TPSA) is 42.4 Å². The highest BCUT2D eigenvalue weighted by Gasteiger charge is 2.23. The van der Waals surface area contributed by atoms with E-state index in [1.807, 2.05) is 30.3 Å². The molecule has 2 heterocycles. The number of ether oxygens (including phenoxy) is 1. The van der Waals surface area contributed by atoms with Crippen LogP contribution in [0.5, 0.6) is 0 Å². The van der Waals surface area contributed by atoms with Gasteiger partial charge in [0, 0.05) is 12.1 Å². The van der Waals surface area contributed by atoms with Gasteiger partial charge in [0.1, 0.15) is 0 Å². The summed E-state index contributed by atoms with van der Waals surface area (Å²) in [5, 5.41) is 0.904. The SMILES string of the molecule is CC1COCCN1c1nc(-c2ccccc2)c(C=O)s1. The first kappa shape index (κ1) is 13.3. The van der Waals surface area contributed by atoms with E-state index in [1.54, 1.807) is 0 Å². The Kier molecular flexibility index (Phi) is 3.80. The minimum atomic E-state index is 0.290. The number of thiazole rings is 1. The molecule has 0 N–H and O–H groups in total. The normalized spacial score (nSPS) is 19.1. The maximum atomic E-state index is 11.3. The number of aromatic nitrogens is 1. The molecule has 0 radical (unpaired) electrons. The van der Waals surface area contributed by atoms with Crippen LogP contribution in [-0.4, -0.2) is 37.1 Å². The summed E-state index contributed by atoms with van der Waals surface area (Å²) in [6, 6.07) is 10.1. The summed E-state index contributed by atoms with van der Waals surface area (Å²) in [6.07, 6.45) is 0.897. The third-order valence-electron chi connectivity index (χ3n) is 3.41. The van der Waals surface area contributed by atoms with Gasteiger partial charge in [-0.15, -0.1) is 0 Å². The van der Waals surface area contributed by atoms with Crippen LogP contribution in [0.4, 0.5) is 5.13 Å². The Labute approximate surface area is 122 Å². The summed E-state index contributed by atoms with van der Waals surface area (Å²) < 4.78 is 5.45. The van der Waals surface area contributed by atoms with Gasteiger partial charge in [0.15, 0.2) is 11.4 Å². The third-order valence-corrected chi connectivity index (χ3v) is 4.43.